The Labute approximate surface area is 131 Å². The number of carbonyl (C=O) groups excluding carboxylic acids is 1. The van der Waals surface area contributed by atoms with Gasteiger partial charge in [-0.2, -0.15) is 0 Å². The molecule has 3 heteroatoms. The number of amides is 1. The van der Waals surface area contributed by atoms with Crippen LogP contribution in [0.25, 0.3) is 0 Å². The van der Waals surface area contributed by atoms with Gasteiger partial charge in [0.25, 0.3) is 5.91 Å². The lowest BCUT2D eigenvalue weighted by Gasteiger charge is -2.32. The van der Waals surface area contributed by atoms with E-state index in [1.807, 2.05) is 48.2 Å². The fourth-order valence-corrected chi connectivity index (χ4v) is 3.12. The maximum Gasteiger partial charge on any atom is 0.253 e. The molecular formula is C19H21NO2. The van der Waals surface area contributed by atoms with Crippen LogP contribution >= 0.6 is 0 Å². The predicted molar refractivity (Wildman–Crippen MR) is 87.2 cm³/mol. The lowest BCUT2D eigenvalue weighted by Crippen LogP contribution is -2.37. The van der Waals surface area contributed by atoms with Crippen LogP contribution in [-0.2, 0) is 0 Å². The molecule has 0 atom stereocenters. The van der Waals surface area contributed by atoms with Crippen LogP contribution in [-0.4, -0.2) is 29.0 Å². The van der Waals surface area contributed by atoms with Gasteiger partial charge in [0.2, 0.25) is 0 Å². The molecule has 3 nitrogen and oxygen atoms in total. The summed E-state index contributed by atoms with van der Waals surface area (Å²) in [6.45, 7) is 3.59. The summed E-state index contributed by atoms with van der Waals surface area (Å²) in [7, 11) is 0. The lowest BCUT2D eigenvalue weighted by molar-refractivity contribution is 0.0713. The highest BCUT2D eigenvalue weighted by atomic mass is 16.3. The van der Waals surface area contributed by atoms with Crippen LogP contribution < -0.4 is 0 Å². The molecular weight excluding hydrogens is 274 g/mol. The van der Waals surface area contributed by atoms with Gasteiger partial charge in [0, 0.05) is 18.7 Å². The molecule has 0 aromatic heterocycles. The van der Waals surface area contributed by atoms with E-state index in [-0.39, 0.29) is 5.91 Å². The van der Waals surface area contributed by atoms with Gasteiger partial charge in [-0.3, -0.25) is 4.79 Å². The second-order valence-electron chi connectivity index (χ2n) is 6.03. The molecule has 1 aliphatic heterocycles. The largest absolute Gasteiger partial charge is 0.508 e. The average molecular weight is 295 g/mol. The van der Waals surface area contributed by atoms with Gasteiger partial charge in [0.15, 0.2) is 0 Å². The number of nitrogens with zero attached hydrogens (tertiary/aromatic N) is 1. The monoisotopic (exact) mass is 295 g/mol. The molecule has 3 rings (SSSR count). The van der Waals surface area contributed by atoms with E-state index in [2.05, 4.69) is 0 Å². The van der Waals surface area contributed by atoms with Gasteiger partial charge in [0.05, 0.1) is 0 Å². The van der Waals surface area contributed by atoms with Crippen molar-refractivity contribution in [3.8, 4) is 5.75 Å². The number of hydrogen-bond acceptors (Lipinski definition) is 2. The van der Waals surface area contributed by atoms with Crippen LogP contribution in [0.1, 0.15) is 40.2 Å². The number of hydrogen-bond donors (Lipinski definition) is 1. The molecule has 0 unspecified atom stereocenters. The predicted octanol–water partition coefficient (Wildman–Crippen LogP) is 3.72. The zero-order valence-corrected chi connectivity index (χ0v) is 12.8. The Morgan fingerprint density at radius 3 is 2.41 bits per heavy atom. The molecule has 0 spiro atoms. The van der Waals surface area contributed by atoms with Crippen LogP contribution in [0.4, 0.5) is 0 Å². The standard InChI is InChI=1S/C19H21NO2/c1-14-3-2-4-17(13-14)19(22)20-11-9-16(10-12-20)15-5-7-18(21)8-6-15/h2-8,13,16,21H,9-12H2,1H3. The highest BCUT2D eigenvalue weighted by molar-refractivity contribution is 5.94. The van der Waals surface area contributed by atoms with Gasteiger partial charge in [-0.15, -0.1) is 0 Å². The van der Waals surface area contributed by atoms with E-state index in [9.17, 15) is 9.90 Å². The van der Waals surface area contributed by atoms with Crippen molar-refractivity contribution in [2.45, 2.75) is 25.7 Å². The maximum absolute atomic E-state index is 12.5. The van der Waals surface area contributed by atoms with E-state index in [0.717, 1.165) is 37.1 Å². The number of carbonyl (C=O) groups is 1. The first kappa shape index (κ1) is 14.6. The summed E-state index contributed by atoms with van der Waals surface area (Å²) in [6, 6.07) is 15.2. The summed E-state index contributed by atoms with van der Waals surface area (Å²) >= 11 is 0. The molecule has 0 bridgehead atoms. The van der Waals surface area contributed by atoms with Crippen molar-refractivity contribution in [2.75, 3.05) is 13.1 Å². The van der Waals surface area contributed by atoms with Gasteiger partial charge in [-0.25, -0.2) is 0 Å². The number of piperidine rings is 1. The summed E-state index contributed by atoms with van der Waals surface area (Å²) in [5, 5.41) is 9.37. The Balaban J connectivity index is 1.64. The summed E-state index contributed by atoms with van der Waals surface area (Å²) < 4.78 is 0. The van der Waals surface area contributed by atoms with E-state index in [1.165, 1.54) is 5.56 Å². The number of aryl methyl sites for hydroxylation is 1. The van der Waals surface area contributed by atoms with Crippen molar-refractivity contribution in [3.63, 3.8) is 0 Å². The number of rotatable bonds is 2. The van der Waals surface area contributed by atoms with Crippen molar-refractivity contribution >= 4 is 5.91 Å². The molecule has 0 saturated carbocycles. The quantitative estimate of drug-likeness (QED) is 0.917. The van der Waals surface area contributed by atoms with Crippen molar-refractivity contribution in [1.29, 1.82) is 0 Å². The fourth-order valence-electron chi connectivity index (χ4n) is 3.12. The minimum atomic E-state index is 0.132. The second kappa shape index (κ2) is 6.22. The molecule has 1 aliphatic rings. The van der Waals surface area contributed by atoms with Crippen LogP contribution in [0.2, 0.25) is 0 Å². The van der Waals surface area contributed by atoms with Crippen molar-refractivity contribution in [3.05, 3.63) is 65.2 Å². The molecule has 0 aliphatic carbocycles. The lowest BCUT2D eigenvalue weighted by atomic mass is 9.89. The number of aromatic hydroxyl groups is 1. The molecule has 2 aromatic rings. The first-order valence-electron chi connectivity index (χ1n) is 7.78. The molecule has 1 heterocycles. The third-order valence-corrected chi connectivity index (χ3v) is 4.41. The molecule has 2 aromatic carbocycles. The van der Waals surface area contributed by atoms with Crippen LogP contribution in [0.15, 0.2) is 48.5 Å². The zero-order valence-electron chi connectivity index (χ0n) is 12.8. The summed E-state index contributed by atoms with van der Waals surface area (Å²) in [6.07, 6.45) is 1.95. The highest BCUT2D eigenvalue weighted by Crippen LogP contribution is 2.29. The maximum atomic E-state index is 12.5. The summed E-state index contributed by atoms with van der Waals surface area (Å²) in [5.74, 6) is 0.908. The smallest absolute Gasteiger partial charge is 0.253 e. The SMILES string of the molecule is Cc1cccc(C(=O)N2CCC(c3ccc(O)cc3)CC2)c1. The number of phenols is 1. The molecule has 1 N–H and O–H groups in total. The highest BCUT2D eigenvalue weighted by Gasteiger charge is 2.24. The van der Waals surface area contributed by atoms with E-state index < -0.39 is 0 Å². The normalized spacial score (nSPS) is 15.8. The minimum Gasteiger partial charge on any atom is -0.508 e. The Hall–Kier alpha value is -2.29. The van der Waals surface area contributed by atoms with E-state index in [1.54, 1.807) is 12.1 Å². The first-order valence-corrected chi connectivity index (χ1v) is 7.78. The van der Waals surface area contributed by atoms with Gasteiger partial charge in [-0.1, -0.05) is 29.8 Å². The zero-order chi connectivity index (χ0) is 15.5. The number of benzene rings is 2. The third-order valence-electron chi connectivity index (χ3n) is 4.41. The summed E-state index contributed by atoms with van der Waals surface area (Å²) in [5.41, 5.74) is 3.15. The molecule has 114 valence electrons. The topological polar surface area (TPSA) is 40.5 Å². The van der Waals surface area contributed by atoms with Gasteiger partial charge in [-0.05, 0) is 55.5 Å². The minimum absolute atomic E-state index is 0.132. The van der Waals surface area contributed by atoms with Crippen molar-refractivity contribution < 1.29 is 9.90 Å². The molecule has 1 fully saturated rings. The fraction of sp³-hybridized carbons (Fsp3) is 0.316. The molecule has 1 saturated heterocycles. The second-order valence-corrected chi connectivity index (χ2v) is 6.03. The van der Waals surface area contributed by atoms with Gasteiger partial charge >= 0.3 is 0 Å². The average Bonchev–Trinajstić information content (AvgIpc) is 2.55. The van der Waals surface area contributed by atoms with E-state index in [0.29, 0.717) is 11.7 Å². The third kappa shape index (κ3) is 3.14. The van der Waals surface area contributed by atoms with Crippen LogP contribution in [0.5, 0.6) is 5.75 Å². The first-order chi connectivity index (χ1) is 10.6. The van der Waals surface area contributed by atoms with Crippen LogP contribution in [0, 0.1) is 6.92 Å². The van der Waals surface area contributed by atoms with Crippen molar-refractivity contribution in [1.82, 2.24) is 4.90 Å². The Bertz CT molecular complexity index is 655. The van der Waals surface area contributed by atoms with Crippen LogP contribution in [0.3, 0.4) is 0 Å². The Morgan fingerprint density at radius 1 is 1.09 bits per heavy atom. The van der Waals surface area contributed by atoms with Crippen molar-refractivity contribution in [2.24, 2.45) is 0 Å². The van der Waals surface area contributed by atoms with Gasteiger partial charge < -0.3 is 10.0 Å². The summed E-state index contributed by atoms with van der Waals surface area (Å²) in [4.78, 5) is 14.5. The molecule has 1 amide bonds. The van der Waals surface area contributed by atoms with E-state index in [4.69, 9.17) is 0 Å². The Kier molecular flexibility index (Phi) is 4.14. The number of phenolic OH excluding ortho intramolecular Hbond substituents is 1. The number of likely N-dealkylation sites (tertiary alicyclic amines) is 1. The molecule has 22 heavy (non-hydrogen) atoms. The van der Waals surface area contributed by atoms with E-state index >= 15 is 0 Å². The van der Waals surface area contributed by atoms with Gasteiger partial charge in [0.1, 0.15) is 5.75 Å². The molecule has 0 radical (unpaired) electrons. The Morgan fingerprint density at radius 2 is 1.77 bits per heavy atom.